The highest BCUT2D eigenvalue weighted by atomic mass is 32.2. The van der Waals surface area contributed by atoms with Gasteiger partial charge in [0, 0.05) is 17.0 Å². The van der Waals surface area contributed by atoms with Gasteiger partial charge in [0.05, 0.1) is 32.6 Å². The third-order valence-electron chi connectivity index (χ3n) is 7.93. The van der Waals surface area contributed by atoms with Crippen LogP contribution in [0.4, 0.5) is 5.00 Å². The molecule has 0 saturated heterocycles. The predicted molar refractivity (Wildman–Crippen MR) is 159 cm³/mol. The fraction of sp³-hybridized carbons (Fsp3) is 0.517. The molecule has 1 atom stereocenters. The molecule has 0 radical (unpaired) electrons. The first-order valence-electron chi connectivity index (χ1n) is 13.4. The minimum atomic E-state index is -0.175. The lowest BCUT2D eigenvalue weighted by molar-refractivity contribution is -0.113. The van der Waals surface area contributed by atoms with Crippen molar-refractivity contribution in [3.63, 3.8) is 0 Å². The normalized spacial score (nSPS) is 14.8. The van der Waals surface area contributed by atoms with Crippen LogP contribution in [0.15, 0.2) is 17.3 Å². The smallest absolute Gasteiger partial charge is 0.235 e. The number of aromatic nitrogens is 3. The number of carbonyl (C=O) groups is 1. The Hall–Kier alpha value is -3.23. The quantitative estimate of drug-likeness (QED) is 0.266. The molecule has 40 heavy (non-hydrogen) atoms. The molecule has 2 heterocycles. The number of thiophene rings is 1. The third-order valence-corrected chi connectivity index (χ3v) is 10.1. The van der Waals surface area contributed by atoms with Crippen molar-refractivity contribution >= 4 is 34.0 Å². The van der Waals surface area contributed by atoms with Crippen molar-refractivity contribution in [1.29, 1.82) is 5.26 Å². The average molecular weight is 584 g/mol. The molecule has 1 aromatic carbocycles. The number of amides is 1. The second kappa shape index (κ2) is 12.5. The second-order valence-corrected chi connectivity index (χ2v) is 12.5. The summed E-state index contributed by atoms with van der Waals surface area (Å²) in [5.74, 6) is 2.72. The number of methoxy groups -OCH3 is 3. The van der Waals surface area contributed by atoms with Gasteiger partial charge in [0.1, 0.15) is 11.1 Å². The van der Waals surface area contributed by atoms with E-state index < -0.39 is 0 Å². The first-order chi connectivity index (χ1) is 19.2. The van der Waals surface area contributed by atoms with Gasteiger partial charge in [-0.15, -0.1) is 21.5 Å². The van der Waals surface area contributed by atoms with Crippen LogP contribution in [0.25, 0.3) is 11.4 Å². The fourth-order valence-electron chi connectivity index (χ4n) is 5.15. The average Bonchev–Trinajstić information content (AvgIpc) is 3.54. The van der Waals surface area contributed by atoms with E-state index in [-0.39, 0.29) is 17.1 Å². The zero-order chi connectivity index (χ0) is 29.0. The van der Waals surface area contributed by atoms with Crippen molar-refractivity contribution in [3.05, 3.63) is 28.1 Å². The Morgan fingerprint density at radius 2 is 1.90 bits per heavy atom. The van der Waals surface area contributed by atoms with Crippen LogP contribution >= 0.6 is 23.1 Å². The van der Waals surface area contributed by atoms with E-state index in [2.05, 4.69) is 42.4 Å². The van der Waals surface area contributed by atoms with Gasteiger partial charge in [-0.2, -0.15) is 5.26 Å². The summed E-state index contributed by atoms with van der Waals surface area (Å²) in [5.41, 5.74) is 2.74. The number of nitriles is 1. The molecule has 1 N–H and O–H groups in total. The van der Waals surface area contributed by atoms with Gasteiger partial charge in [0.15, 0.2) is 22.5 Å². The SMILES string of the molecule is CCn1c(SCC(=O)Nc2sc3c(c2C#N)CCC(C(C)(C)CC)C3)nnc1-c1cc(OC)c(OC)c(OC)c1. The van der Waals surface area contributed by atoms with E-state index in [0.717, 1.165) is 36.8 Å². The highest BCUT2D eigenvalue weighted by Crippen LogP contribution is 2.45. The van der Waals surface area contributed by atoms with Crippen LogP contribution in [0.2, 0.25) is 0 Å². The summed E-state index contributed by atoms with van der Waals surface area (Å²) in [6.07, 6.45) is 4.04. The van der Waals surface area contributed by atoms with E-state index in [0.29, 0.717) is 51.3 Å². The molecule has 1 unspecified atom stereocenters. The van der Waals surface area contributed by atoms with Gasteiger partial charge in [-0.1, -0.05) is 39.0 Å². The van der Waals surface area contributed by atoms with E-state index in [9.17, 15) is 10.1 Å². The molecule has 1 aliphatic rings. The summed E-state index contributed by atoms with van der Waals surface area (Å²) in [7, 11) is 4.69. The summed E-state index contributed by atoms with van der Waals surface area (Å²) in [4.78, 5) is 14.2. The monoisotopic (exact) mass is 583 g/mol. The lowest BCUT2D eigenvalue weighted by Crippen LogP contribution is -2.28. The highest BCUT2D eigenvalue weighted by molar-refractivity contribution is 7.99. The van der Waals surface area contributed by atoms with Crippen LogP contribution in [0.5, 0.6) is 17.2 Å². The Morgan fingerprint density at radius 3 is 2.48 bits per heavy atom. The number of nitrogens with zero attached hydrogens (tertiary/aromatic N) is 4. The molecule has 11 heteroatoms. The first-order valence-corrected chi connectivity index (χ1v) is 15.2. The molecule has 0 spiro atoms. The van der Waals surface area contributed by atoms with Gasteiger partial charge >= 0.3 is 0 Å². The summed E-state index contributed by atoms with van der Waals surface area (Å²) >= 11 is 2.86. The van der Waals surface area contributed by atoms with Crippen LogP contribution in [-0.4, -0.2) is 47.8 Å². The lowest BCUT2D eigenvalue weighted by Gasteiger charge is -2.36. The first kappa shape index (κ1) is 29.7. The molecule has 0 fully saturated rings. The van der Waals surface area contributed by atoms with Gasteiger partial charge in [0.25, 0.3) is 0 Å². The number of hydrogen-bond donors (Lipinski definition) is 1. The van der Waals surface area contributed by atoms with Gasteiger partial charge in [-0.3, -0.25) is 4.79 Å². The molecule has 2 aromatic heterocycles. The van der Waals surface area contributed by atoms with E-state index in [1.54, 1.807) is 32.7 Å². The van der Waals surface area contributed by atoms with E-state index in [1.165, 1.54) is 16.6 Å². The Labute approximate surface area is 244 Å². The summed E-state index contributed by atoms with van der Waals surface area (Å²) in [6.45, 7) is 9.49. The second-order valence-electron chi connectivity index (χ2n) is 10.4. The maximum atomic E-state index is 13.0. The topological polar surface area (TPSA) is 111 Å². The molecule has 0 aliphatic heterocycles. The standard InChI is InChI=1S/C29H37N5O4S2/c1-8-29(3,4)18-10-11-19-20(15-30)27(40-23(19)14-18)31-24(35)16-39-28-33-32-26(34(28)9-2)17-12-21(36-5)25(38-7)22(13-17)37-6/h12-13,18H,8-11,14,16H2,1-7H3,(H,31,35). The molecule has 9 nitrogen and oxygen atoms in total. The molecule has 0 saturated carbocycles. The minimum Gasteiger partial charge on any atom is -0.493 e. The van der Waals surface area contributed by atoms with Gasteiger partial charge in [-0.25, -0.2) is 0 Å². The van der Waals surface area contributed by atoms with Crippen molar-refractivity contribution in [2.75, 3.05) is 32.4 Å². The van der Waals surface area contributed by atoms with E-state index >= 15 is 0 Å². The van der Waals surface area contributed by atoms with E-state index in [4.69, 9.17) is 14.2 Å². The zero-order valence-electron chi connectivity index (χ0n) is 24.2. The Balaban J connectivity index is 1.49. The predicted octanol–water partition coefficient (Wildman–Crippen LogP) is 6.20. The van der Waals surface area contributed by atoms with Gasteiger partial charge in [-0.05, 0) is 55.2 Å². The molecule has 1 aliphatic carbocycles. The van der Waals surface area contributed by atoms with Crippen LogP contribution in [-0.2, 0) is 24.2 Å². The lowest BCUT2D eigenvalue weighted by atomic mass is 9.69. The largest absolute Gasteiger partial charge is 0.493 e. The molecule has 3 aromatic rings. The molecule has 214 valence electrons. The molecular weight excluding hydrogens is 546 g/mol. The molecular formula is C29H37N5O4S2. The number of fused-ring (bicyclic) bond motifs is 1. The highest BCUT2D eigenvalue weighted by Gasteiger charge is 2.34. The van der Waals surface area contributed by atoms with Crippen LogP contribution in [0.1, 0.15) is 56.5 Å². The Morgan fingerprint density at radius 1 is 1.20 bits per heavy atom. The molecule has 1 amide bonds. The number of hydrogen-bond acceptors (Lipinski definition) is 9. The van der Waals surface area contributed by atoms with Crippen molar-refractivity contribution in [2.45, 2.75) is 65.1 Å². The number of nitrogens with one attached hydrogen (secondary N) is 1. The fourth-order valence-corrected chi connectivity index (χ4v) is 7.24. The van der Waals surface area contributed by atoms with Crippen LogP contribution in [0, 0.1) is 22.7 Å². The molecule has 4 rings (SSSR count). The van der Waals surface area contributed by atoms with Crippen LogP contribution in [0.3, 0.4) is 0 Å². The minimum absolute atomic E-state index is 0.145. The number of benzene rings is 1. The van der Waals surface area contributed by atoms with Gasteiger partial charge in [0.2, 0.25) is 11.7 Å². The van der Waals surface area contributed by atoms with Crippen molar-refractivity contribution in [1.82, 2.24) is 14.8 Å². The molecule has 0 bridgehead atoms. The number of anilines is 1. The van der Waals surface area contributed by atoms with Gasteiger partial charge < -0.3 is 24.1 Å². The van der Waals surface area contributed by atoms with E-state index in [1.807, 2.05) is 23.6 Å². The Bertz CT molecular complexity index is 1400. The maximum absolute atomic E-state index is 13.0. The summed E-state index contributed by atoms with van der Waals surface area (Å²) in [5, 5.41) is 22.9. The number of thioether (sulfide) groups is 1. The zero-order valence-corrected chi connectivity index (χ0v) is 25.8. The number of carbonyl (C=O) groups excluding carboxylic acids is 1. The maximum Gasteiger partial charge on any atom is 0.235 e. The van der Waals surface area contributed by atoms with Crippen molar-refractivity contribution in [3.8, 4) is 34.7 Å². The Kier molecular flexibility index (Phi) is 9.31. The summed E-state index contributed by atoms with van der Waals surface area (Å²) in [6, 6.07) is 6.00. The third kappa shape index (κ3) is 5.79. The van der Waals surface area contributed by atoms with Crippen LogP contribution < -0.4 is 19.5 Å². The van der Waals surface area contributed by atoms with Crippen molar-refractivity contribution < 1.29 is 19.0 Å². The summed E-state index contributed by atoms with van der Waals surface area (Å²) < 4.78 is 18.4. The number of rotatable bonds is 11. The number of ether oxygens (including phenoxy) is 3. The van der Waals surface area contributed by atoms with Crippen molar-refractivity contribution in [2.24, 2.45) is 11.3 Å².